The van der Waals surface area contributed by atoms with Crippen molar-refractivity contribution in [1.82, 2.24) is 20.1 Å². The predicted molar refractivity (Wildman–Crippen MR) is 98.7 cm³/mol. The minimum absolute atomic E-state index is 0.154. The maximum absolute atomic E-state index is 11.9. The Balaban J connectivity index is 1.30. The van der Waals surface area contributed by atoms with Gasteiger partial charge in [-0.05, 0) is 36.6 Å². The SMILES string of the molecule is O=C(CCC1CCCCC1)NCCNc1ccc(-n2cccc2)nn1. The van der Waals surface area contributed by atoms with Gasteiger partial charge in [-0.2, -0.15) is 0 Å². The number of anilines is 1. The van der Waals surface area contributed by atoms with Gasteiger partial charge in [0.05, 0.1) is 0 Å². The molecule has 0 aliphatic heterocycles. The molecule has 1 aliphatic rings. The summed E-state index contributed by atoms with van der Waals surface area (Å²) in [4.78, 5) is 11.9. The van der Waals surface area contributed by atoms with Crippen molar-refractivity contribution in [1.29, 1.82) is 0 Å². The molecule has 2 N–H and O–H groups in total. The van der Waals surface area contributed by atoms with E-state index in [1.165, 1.54) is 32.1 Å². The molecule has 0 radical (unpaired) electrons. The summed E-state index contributed by atoms with van der Waals surface area (Å²) >= 11 is 0. The highest BCUT2D eigenvalue weighted by atomic mass is 16.1. The highest BCUT2D eigenvalue weighted by molar-refractivity contribution is 5.75. The fourth-order valence-electron chi connectivity index (χ4n) is 3.34. The molecular formula is C19H27N5O. The number of carbonyl (C=O) groups is 1. The molecule has 1 aliphatic carbocycles. The van der Waals surface area contributed by atoms with Gasteiger partial charge in [0.1, 0.15) is 5.82 Å². The monoisotopic (exact) mass is 341 g/mol. The van der Waals surface area contributed by atoms with Gasteiger partial charge in [-0.3, -0.25) is 4.79 Å². The molecule has 1 amide bonds. The van der Waals surface area contributed by atoms with E-state index in [4.69, 9.17) is 0 Å². The predicted octanol–water partition coefficient (Wildman–Crippen LogP) is 3.16. The Labute approximate surface area is 149 Å². The van der Waals surface area contributed by atoms with E-state index in [-0.39, 0.29) is 5.91 Å². The van der Waals surface area contributed by atoms with Gasteiger partial charge in [0.15, 0.2) is 5.82 Å². The van der Waals surface area contributed by atoms with Gasteiger partial charge in [-0.25, -0.2) is 0 Å². The second kappa shape index (κ2) is 9.20. The van der Waals surface area contributed by atoms with E-state index >= 15 is 0 Å². The maximum Gasteiger partial charge on any atom is 0.220 e. The van der Waals surface area contributed by atoms with Crippen molar-refractivity contribution in [2.24, 2.45) is 5.92 Å². The van der Waals surface area contributed by atoms with Crippen LogP contribution >= 0.6 is 0 Å². The van der Waals surface area contributed by atoms with E-state index in [1.807, 2.05) is 41.2 Å². The summed E-state index contributed by atoms with van der Waals surface area (Å²) in [7, 11) is 0. The quantitative estimate of drug-likeness (QED) is 0.724. The summed E-state index contributed by atoms with van der Waals surface area (Å²) in [5.74, 6) is 2.41. The van der Waals surface area contributed by atoms with Crippen molar-refractivity contribution >= 4 is 11.7 Å². The van der Waals surface area contributed by atoms with Crippen LogP contribution in [0.1, 0.15) is 44.9 Å². The minimum Gasteiger partial charge on any atom is -0.367 e. The lowest BCUT2D eigenvalue weighted by Crippen LogP contribution is -2.29. The van der Waals surface area contributed by atoms with E-state index < -0.39 is 0 Å². The smallest absolute Gasteiger partial charge is 0.220 e. The first kappa shape index (κ1) is 17.5. The van der Waals surface area contributed by atoms with Crippen LogP contribution in [-0.2, 0) is 4.79 Å². The Hall–Kier alpha value is -2.37. The summed E-state index contributed by atoms with van der Waals surface area (Å²) in [5, 5.41) is 14.5. The van der Waals surface area contributed by atoms with Crippen LogP contribution in [0.5, 0.6) is 0 Å². The van der Waals surface area contributed by atoms with Crippen molar-refractivity contribution in [2.45, 2.75) is 44.9 Å². The Kier molecular flexibility index (Phi) is 6.42. The van der Waals surface area contributed by atoms with Gasteiger partial charge < -0.3 is 15.2 Å². The average molecular weight is 341 g/mol. The summed E-state index contributed by atoms with van der Waals surface area (Å²) in [5.41, 5.74) is 0. The molecule has 2 aromatic heterocycles. The summed E-state index contributed by atoms with van der Waals surface area (Å²) in [6, 6.07) is 7.71. The molecule has 2 heterocycles. The lowest BCUT2D eigenvalue weighted by molar-refractivity contribution is -0.121. The number of hydrogen-bond donors (Lipinski definition) is 2. The Morgan fingerprint density at radius 2 is 1.88 bits per heavy atom. The van der Waals surface area contributed by atoms with Crippen molar-refractivity contribution in [2.75, 3.05) is 18.4 Å². The van der Waals surface area contributed by atoms with Crippen molar-refractivity contribution in [3.8, 4) is 5.82 Å². The Morgan fingerprint density at radius 3 is 2.60 bits per heavy atom. The summed E-state index contributed by atoms with van der Waals surface area (Å²) < 4.78 is 1.91. The molecule has 1 saturated carbocycles. The molecule has 0 unspecified atom stereocenters. The second-order valence-electron chi connectivity index (χ2n) is 6.69. The normalized spacial score (nSPS) is 15.0. The van der Waals surface area contributed by atoms with Crippen LogP contribution in [0.15, 0.2) is 36.7 Å². The van der Waals surface area contributed by atoms with E-state index in [0.29, 0.717) is 25.3 Å². The van der Waals surface area contributed by atoms with Crippen LogP contribution in [-0.4, -0.2) is 33.8 Å². The minimum atomic E-state index is 0.154. The molecule has 0 bridgehead atoms. The van der Waals surface area contributed by atoms with Crippen LogP contribution in [0.25, 0.3) is 5.82 Å². The zero-order valence-electron chi connectivity index (χ0n) is 14.7. The summed E-state index contributed by atoms with van der Waals surface area (Å²) in [6.07, 6.45) is 12.2. The van der Waals surface area contributed by atoms with Crippen LogP contribution in [0.4, 0.5) is 5.82 Å². The van der Waals surface area contributed by atoms with Gasteiger partial charge in [-0.1, -0.05) is 32.1 Å². The van der Waals surface area contributed by atoms with E-state index in [9.17, 15) is 4.79 Å². The second-order valence-corrected chi connectivity index (χ2v) is 6.69. The number of rotatable bonds is 8. The molecule has 6 nitrogen and oxygen atoms in total. The van der Waals surface area contributed by atoms with Gasteiger partial charge in [0, 0.05) is 31.9 Å². The fraction of sp³-hybridized carbons (Fsp3) is 0.526. The largest absolute Gasteiger partial charge is 0.367 e. The number of nitrogens with zero attached hydrogens (tertiary/aromatic N) is 3. The topological polar surface area (TPSA) is 71.8 Å². The first-order valence-corrected chi connectivity index (χ1v) is 9.29. The third-order valence-electron chi connectivity index (χ3n) is 4.78. The molecule has 0 spiro atoms. The third kappa shape index (κ3) is 5.59. The van der Waals surface area contributed by atoms with Gasteiger partial charge >= 0.3 is 0 Å². The van der Waals surface area contributed by atoms with Gasteiger partial charge in [-0.15, -0.1) is 10.2 Å². The molecular weight excluding hydrogens is 314 g/mol. The first-order valence-electron chi connectivity index (χ1n) is 9.29. The number of nitrogens with one attached hydrogen (secondary N) is 2. The van der Waals surface area contributed by atoms with Crippen LogP contribution in [0, 0.1) is 5.92 Å². The fourth-order valence-corrected chi connectivity index (χ4v) is 3.34. The molecule has 1 fully saturated rings. The molecule has 0 saturated heterocycles. The average Bonchev–Trinajstić information content (AvgIpc) is 3.20. The van der Waals surface area contributed by atoms with Gasteiger partial charge in [0.25, 0.3) is 0 Å². The lowest BCUT2D eigenvalue weighted by Gasteiger charge is -2.20. The van der Waals surface area contributed by atoms with Gasteiger partial charge in [0.2, 0.25) is 5.91 Å². The molecule has 25 heavy (non-hydrogen) atoms. The number of amides is 1. The molecule has 6 heteroatoms. The highest BCUT2D eigenvalue weighted by Crippen LogP contribution is 2.27. The molecule has 0 aromatic carbocycles. The van der Waals surface area contributed by atoms with E-state index in [2.05, 4.69) is 20.8 Å². The van der Waals surface area contributed by atoms with Crippen molar-refractivity contribution in [3.63, 3.8) is 0 Å². The lowest BCUT2D eigenvalue weighted by atomic mass is 9.86. The highest BCUT2D eigenvalue weighted by Gasteiger charge is 2.14. The standard InChI is InChI=1S/C19H27N5O/c25-19(11-8-16-6-2-1-3-7-16)21-13-12-20-17-9-10-18(23-22-17)24-14-4-5-15-24/h4-5,9-10,14-16H,1-3,6-8,11-13H2,(H,20,22)(H,21,25). The summed E-state index contributed by atoms with van der Waals surface area (Å²) in [6.45, 7) is 1.25. The maximum atomic E-state index is 11.9. The van der Waals surface area contributed by atoms with Crippen LogP contribution in [0.3, 0.4) is 0 Å². The molecule has 2 aromatic rings. The first-order chi connectivity index (χ1) is 12.3. The Bertz CT molecular complexity index is 632. The Morgan fingerprint density at radius 1 is 1.08 bits per heavy atom. The van der Waals surface area contributed by atoms with E-state index in [0.717, 1.165) is 18.2 Å². The van der Waals surface area contributed by atoms with Crippen molar-refractivity contribution < 1.29 is 4.79 Å². The number of carbonyl (C=O) groups excluding carboxylic acids is 1. The zero-order chi connectivity index (χ0) is 17.3. The molecule has 3 rings (SSSR count). The van der Waals surface area contributed by atoms with E-state index in [1.54, 1.807) is 0 Å². The number of hydrogen-bond acceptors (Lipinski definition) is 4. The van der Waals surface area contributed by atoms with Crippen molar-refractivity contribution in [3.05, 3.63) is 36.7 Å². The molecule has 0 atom stereocenters. The third-order valence-corrected chi connectivity index (χ3v) is 4.78. The number of aromatic nitrogens is 3. The zero-order valence-corrected chi connectivity index (χ0v) is 14.7. The van der Waals surface area contributed by atoms with Crippen LogP contribution < -0.4 is 10.6 Å². The van der Waals surface area contributed by atoms with Crippen LogP contribution in [0.2, 0.25) is 0 Å². The molecule has 134 valence electrons.